The van der Waals surface area contributed by atoms with Crippen LogP contribution < -0.4 is 9.62 Å². The summed E-state index contributed by atoms with van der Waals surface area (Å²) in [5.74, 6) is -1.51. The van der Waals surface area contributed by atoms with Crippen LogP contribution in [0.25, 0.3) is 0 Å². The summed E-state index contributed by atoms with van der Waals surface area (Å²) in [5, 5.41) is 14.5. The van der Waals surface area contributed by atoms with Crippen LogP contribution in [0, 0.1) is 15.9 Å². The second-order valence-electron chi connectivity index (χ2n) is 10.2. The molecule has 0 unspecified atom stereocenters. The number of rotatable bonds is 12. The Labute approximate surface area is 244 Å². The van der Waals surface area contributed by atoms with Crippen LogP contribution >= 0.6 is 0 Å². The number of nitrogens with one attached hydrogen (secondary N) is 1. The Morgan fingerprint density at radius 3 is 2.31 bits per heavy atom. The van der Waals surface area contributed by atoms with E-state index in [1.807, 2.05) is 0 Å². The van der Waals surface area contributed by atoms with E-state index in [9.17, 15) is 32.5 Å². The molecule has 0 aromatic heterocycles. The van der Waals surface area contributed by atoms with E-state index in [2.05, 4.69) is 5.32 Å². The molecule has 0 saturated heterocycles. The quantitative estimate of drug-likeness (QED) is 0.236. The third-order valence-corrected chi connectivity index (χ3v) is 9.08. The van der Waals surface area contributed by atoms with Gasteiger partial charge in [-0.05, 0) is 55.2 Å². The molecule has 1 atom stereocenters. The maximum absolute atomic E-state index is 14.1. The van der Waals surface area contributed by atoms with Crippen molar-refractivity contribution in [2.75, 3.05) is 10.8 Å². The Kier molecular flexibility index (Phi) is 9.89. The van der Waals surface area contributed by atoms with Crippen LogP contribution in [-0.2, 0) is 26.2 Å². The first-order valence-electron chi connectivity index (χ1n) is 13.8. The fourth-order valence-electron chi connectivity index (χ4n) is 5.08. The normalized spacial score (nSPS) is 14.2. The molecule has 3 aromatic rings. The number of anilines is 1. The summed E-state index contributed by atoms with van der Waals surface area (Å²) in [6.45, 7) is 0.944. The molecule has 4 rings (SSSR count). The number of carbonyl (C=O) groups is 2. The molecule has 1 aliphatic carbocycles. The highest BCUT2D eigenvalue weighted by Crippen LogP contribution is 2.28. The van der Waals surface area contributed by atoms with Gasteiger partial charge in [-0.1, -0.05) is 56.2 Å². The summed E-state index contributed by atoms with van der Waals surface area (Å²) >= 11 is 0. The molecular weight excluding hydrogens is 563 g/mol. The monoisotopic (exact) mass is 596 g/mol. The summed E-state index contributed by atoms with van der Waals surface area (Å²) in [6.07, 6.45) is 3.91. The molecule has 3 aromatic carbocycles. The molecule has 222 valence electrons. The number of carbonyl (C=O) groups excluding carboxylic acids is 2. The third kappa shape index (κ3) is 7.30. The Morgan fingerprint density at radius 2 is 1.69 bits per heavy atom. The van der Waals surface area contributed by atoms with Crippen molar-refractivity contribution < 1.29 is 27.3 Å². The standard InChI is InChI=1S/C30H33FN4O6S/c1-2-28(30(37)32-24-9-6-7-10-24)33(20-22-15-17-23(31)18-16-22)29(36)21-34(25-11-8-12-26(19-25)35(38)39)42(40,41)27-13-4-3-5-14-27/h3-5,8,11-19,24,28H,2,6-7,9-10,20-21H2,1H3,(H,32,37)/t28-/m1/s1. The van der Waals surface area contributed by atoms with Crippen molar-refractivity contribution in [3.8, 4) is 0 Å². The molecule has 2 amide bonds. The Balaban J connectivity index is 1.73. The highest BCUT2D eigenvalue weighted by Gasteiger charge is 2.35. The van der Waals surface area contributed by atoms with Gasteiger partial charge in [0.25, 0.3) is 15.7 Å². The number of nitro groups is 1. The maximum atomic E-state index is 14.1. The first-order valence-corrected chi connectivity index (χ1v) is 15.2. The first-order chi connectivity index (χ1) is 20.1. The van der Waals surface area contributed by atoms with Crippen molar-refractivity contribution in [1.82, 2.24) is 10.2 Å². The van der Waals surface area contributed by atoms with Crippen molar-refractivity contribution in [2.45, 2.75) is 62.6 Å². The lowest BCUT2D eigenvalue weighted by Gasteiger charge is -2.33. The van der Waals surface area contributed by atoms with Gasteiger partial charge in [0.1, 0.15) is 18.4 Å². The molecule has 42 heavy (non-hydrogen) atoms. The van der Waals surface area contributed by atoms with E-state index in [0.29, 0.717) is 5.56 Å². The highest BCUT2D eigenvalue weighted by atomic mass is 32.2. The number of sulfonamides is 1. The van der Waals surface area contributed by atoms with Crippen molar-refractivity contribution in [1.29, 1.82) is 0 Å². The molecule has 0 spiro atoms. The molecule has 0 aliphatic heterocycles. The van der Waals surface area contributed by atoms with Crippen molar-refractivity contribution in [3.63, 3.8) is 0 Å². The van der Waals surface area contributed by atoms with E-state index in [1.54, 1.807) is 13.0 Å². The second kappa shape index (κ2) is 13.6. The number of hydrogen-bond donors (Lipinski definition) is 1. The summed E-state index contributed by atoms with van der Waals surface area (Å²) in [4.78, 5) is 39.5. The zero-order chi connectivity index (χ0) is 30.3. The number of halogens is 1. The summed E-state index contributed by atoms with van der Waals surface area (Å²) in [7, 11) is -4.36. The molecular formula is C30H33FN4O6S. The van der Waals surface area contributed by atoms with Gasteiger partial charge in [0, 0.05) is 24.7 Å². The number of benzene rings is 3. The minimum absolute atomic E-state index is 0.00542. The van der Waals surface area contributed by atoms with Gasteiger partial charge in [0.2, 0.25) is 11.8 Å². The third-order valence-electron chi connectivity index (χ3n) is 7.29. The smallest absolute Gasteiger partial charge is 0.271 e. The van der Waals surface area contributed by atoms with E-state index in [0.717, 1.165) is 36.1 Å². The van der Waals surface area contributed by atoms with E-state index in [4.69, 9.17) is 0 Å². The average molecular weight is 597 g/mol. The number of amides is 2. The van der Waals surface area contributed by atoms with Crippen LogP contribution in [0.2, 0.25) is 0 Å². The second-order valence-corrected chi connectivity index (χ2v) is 12.0. The number of non-ortho nitro benzene ring substituents is 1. The zero-order valence-corrected chi connectivity index (χ0v) is 24.0. The van der Waals surface area contributed by atoms with E-state index < -0.39 is 39.3 Å². The average Bonchev–Trinajstić information content (AvgIpc) is 3.50. The minimum atomic E-state index is -4.36. The Morgan fingerprint density at radius 1 is 1.02 bits per heavy atom. The number of hydrogen-bond acceptors (Lipinski definition) is 6. The van der Waals surface area contributed by atoms with E-state index in [1.165, 1.54) is 71.6 Å². The number of nitrogens with zero attached hydrogens (tertiary/aromatic N) is 3. The lowest BCUT2D eigenvalue weighted by Crippen LogP contribution is -2.53. The highest BCUT2D eigenvalue weighted by molar-refractivity contribution is 7.92. The molecule has 1 fully saturated rings. The summed E-state index contributed by atoms with van der Waals surface area (Å²) in [6, 6.07) is 17.0. The summed E-state index contributed by atoms with van der Waals surface area (Å²) in [5.41, 5.74) is 0.120. The van der Waals surface area contributed by atoms with Gasteiger partial charge in [0.05, 0.1) is 15.5 Å². The molecule has 12 heteroatoms. The number of nitro benzene ring substituents is 1. The predicted octanol–water partition coefficient (Wildman–Crippen LogP) is 4.80. The Hall–Kier alpha value is -4.32. The Bertz CT molecular complexity index is 1510. The van der Waals surface area contributed by atoms with Gasteiger partial charge in [-0.25, -0.2) is 12.8 Å². The predicted molar refractivity (Wildman–Crippen MR) is 155 cm³/mol. The van der Waals surface area contributed by atoms with Crippen LogP contribution in [0.1, 0.15) is 44.6 Å². The fourth-order valence-corrected chi connectivity index (χ4v) is 6.51. The van der Waals surface area contributed by atoms with Gasteiger partial charge in [-0.2, -0.15) is 0 Å². The van der Waals surface area contributed by atoms with Crippen molar-refractivity contribution in [2.24, 2.45) is 0 Å². The minimum Gasteiger partial charge on any atom is -0.352 e. The lowest BCUT2D eigenvalue weighted by atomic mass is 10.1. The van der Waals surface area contributed by atoms with Gasteiger partial charge >= 0.3 is 0 Å². The topological polar surface area (TPSA) is 130 Å². The van der Waals surface area contributed by atoms with Gasteiger partial charge in [-0.3, -0.25) is 24.0 Å². The van der Waals surface area contributed by atoms with Gasteiger partial charge in [-0.15, -0.1) is 0 Å². The zero-order valence-electron chi connectivity index (χ0n) is 23.2. The fraction of sp³-hybridized carbons (Fsp3) is 0.333. The maximum Gasteiger partial charge on any atom is 0.271 e. The van der Waals surface area contributed by atoms with Crippen molar-refractivity contribution >= 4 is 33.2 Å². The lowest BCUT2D eigenvalue weighted by molar-refractivity contribution is -0.384. The summed E-state index contributed by atoms with van der Waals surface area (Å²) < 4.78 is 42.1. The molecule has 1 N–H and O–H groups in total. The van der Waals surface area contributed by atoms with Crippen LogP contribution in [0.15, 0.2) is 83.8 Å². The molecule has 0 heterocycles. The van der Waals surface area contributed by atoms with Gasteiger partial charge < -0.3 is 10.2 Å². The molecule has 1 saturated carbocycles. The van der Waals surface area contributed by atoms with Crippen LogP contribution in [0.3, 0.4) is 0 Å². The van der Waals surface area contributed by atoms with Crippen LogP contribution in [-0.4, -0.2) is 48.7 Å². The van der Waals surface area contributed by atoms with Crippen LogP contribution in [0.5, 0.6) is 0 Å². The molecule has 0 bridgehead atoms. The molecule has 10 nitrogen and oxygen atoms in total. The largest absolute Gasteiger partial charge is 0.352 e. The van der Waals surface area contributed by atoms with E-state index in [-0.39, 0.29) is 41.2 Å². The molecule has 0 radical (unpaired) electrons. The van der Waals surface area contributed by atoms with Crippen molar-refractivity contribution in [3.05, 3.63) is 100 Å². The van der Waals surface area contributed by atoms with Crippen LogP contribution in [0.4, 0.5) is 15.8 Å². The molecule has 1 aliphatic rings. The first kappa shape index (κ1) is 30.6. The van der Waals surface area contributed by atoms with Gasteiger partial charge in [0.15, 0.2) is 0 Å². The SMILES string of the molecule is CC[C@H](C(=O)NC1CCCC1)N(Cc1ccc(F)cc1)C(=O)CN(c1cccc([N+](=O)[O-])c1)S(=O)(=O)c1ccccc1. The van der Waals surface area contributed by atoms with E-state index >= 15 is 0 Å².